The molecule has 0 bridgehead atoms. The number of nitrogens with two attached hydrogens (primary N) is 1. The van der Waals surface area contributed by atoms with Crippen LogP contribution in [-0.2, 0) is 10.5 Å². The van der Waals surface area contributed by atoms with Crippen molar-refractivity contribution in [1.29, 1.82) is 0 Å². The van der Waals surface area contributed by atoms with Gasteiger partial charge in [-0.05, 0) is 25.1 Å². The van der Waals surface area contributed by atoms with Crippen molar-refractivity contribution in [3.8, 4) is 0 Å². The highest BCUT2D eigenvalue weighted by Gasteiger charge is 2.22. The van der Waals surface area contributed by atoms with Gasteiger partial charge in [0, 0.05) is 21.2 Å². The van der Waals surface area contributed by atoms with E-state index in [2.05, 4.69) is 26.1 Å². The molecule has 6 nitrogen and oxygen atoms in total. The van der Waals surface area contributed by atoms with Gasteiger partial charge in [0.15, 0.2) is 4.34 Å². The zero-order chi connectivity index (χ0) is 16.4. The van der Waals surface area contributed by atoms with Gasteiger partial charge in [-0.1, -0.05) is 39.0 Å². The first-order valence-electron chi connectivity index (χ1n) is 6.68. The monoisotopic (exact) mass is 413 g/mol. The number of aromatic nitrogens is 2. The first kappa shape index (κ1) is 16.3. The van der Waals surface area contributed by atoms with Gasteiger partial charge in [-0.25, -0.2) is 4.79 Å². The number of ether oxygens (including phenoxy) is 1. The minimum Gasteiger partial charge on any atom is -0.460 e. The van der Waals surface area contributed by atoms with E-state index in [0.29, 0.717) is 23.1 Å². The summed E-state index contributed by atoms with van der Waals surface area (Å²) in [5.41, 5.74) is 7.01. The van der Waals surface area contributed by atoms with Gasteiger partial charge < -0.3 is 14.9 Å². The molecule has 1 aromatic carbocycles. The molecule has 2 heterocycles. The topological polar surface area (TPSA) is 91.2 Å². The summed E-state index contributed by atoms with van der Waals surface area (Å²) >= 11 is 6.20. The summed E-state index contributed by atoms with van der Waals surface area (Å²) in [7, 11) is 0. The van der Waals surface area contributed by atoms with Gasteiger partial charge in [-0.2, -0.15) is 0 Å². The van der Waals surface area contributed by atoms with Crippen molar-refractivity contribution in [2.45, 2.75) is 17.0 Å². The van der Waals surface area contributed by atoms with Gasteiger partial charge in [-0.3, -0.25) is 0 Å². The van der Waals surface area contributed by atoms with Crippen molar-refractivity contribution < 1.29 is 13.9 Å². The number of fused-ring (bicyclic) bond motifs is 1. The zero-order valence-corrected chi connectivity index (χ0v) is 15.3. The van der Waals surface area contributed by atoms with Crippen LogP contribution >= 0.6 is 39.0 Å². The maximum atomic E-state index is 12.2. The number of hydrogen-bond acceptors (Lipinski definition) is 8. The van der Waals surface area contributed by atoms with Crippen LogP contribution in [-0.4, -0.2) is 22.8 Å². The van der Waals surface area contributed by atoms with Crippen molar-refractivity contribution in [2.75, 3.05) is 12.3 Å². The largest absolute Gasteiger partial charge is 0.460 e. The number of carbonyl (C=O) groups excluding carboxylic acids is 1. The van der Waals surface area contributed by atoms with Gasteiger partial charge in [-0.15, -0.1) is 10.2 Å². The number of nitrogens with zero attached hydrogens (tertiary/aromatic N) is 2. The second-order valence-corrected chi connectivity index (χ2v) is 7.61. The highest BCUT2D eigenvalue weighted by atomic mass is 79.9. The summed E-state index contributed by atoms with van der Waals surface area (Å²) < 4.78 is 12.4. The quantitative estimate of drug-likeness (QED) is 0.497. The van der Waals surface area contributed by atoms with Crippen LogP contribution < -0.4 is 5.73 Å². The fourth-order valence-corrected chi connectivity index (χ4v) is 4.06. The molecule has 0 amide bonds. The van der Waals surface area contributed by atoms with Crippen molar-refractivity contribution in [2.24, 2.45) is 0 Å². The molecule has 3 rings (SSSR count). The Hall–Kier alpha value is -1.58. The first-order chi connectivity index (χ1) is 11.1. The highest BCUT2D eigenvalue weighted by Crippen LogP contribution is 2.35. The van der Waals surface area contributed by atoms with E-state index in [1.165, 1.54) is 23.1 Å². The second-order valence-electron chi connectivity index (χ2n) is 4.47. The number of anilines is 1. The summed E-state index contributed by atoms with van der Waals surface area (Å²) in [5, 5.41) is 9.04. The van der Waals surface area contributed by atoms with E-state index in [9.17, 15) is 4.79 Å². The van der Waals surface area contributed by atoms with E-state index in [1.54, 1.807) is 6.92 Å². The van der Waals surface area contributed by atoms with Crippen LogP contribution in [0.5, 0.6) is 0 Å². The highest BCUT2D eigenvalue weighted by molar-refractivity contribution is 9.10. The number of hydrogen-bond donors (Lipinski definition) is 1. The van der Waals surface area contributed by atoms with Gasteiger partial charge >= 0.3 is 5.97 Å². The van der Waals surface area contributed by atoms with E-state index in [1.807, 2.05) is 18.2 Å². The van der Waals surface area contributed by atoms with Crippen molar-refractivity contribution in [3.05, 3.63) is 34.0 Å². The first-order valence-corrected chi connectivity index (χ1v) is 9.27. The molecule has 0 saturated carbocycles. The molecule has 23 heavy (non-hydrogen) atoms. The van der Waals surface area contributed by atoms with Gasteiger partial charge in [0.1, 0.15) is 5.58 Å². The number of nitrogen functional groups attached to an aromatic ring is 1. The molecule has 0 saturated heterocycles. The molecule has 0 fully saturated rings. The van der Waals surface area contributed by atoms with Crippen LogP contribution in [0.15, 0.2) is 31.4 Å². The summed E-state index contributed by atoms with van der Waals surface area (Å²) in [6, 6.07) is 5.61. The molecule has 3 aromatic rings. The lowest BCUT2D eigenvalue weighted by molar-refractivity contribution is 0.0491. The molecule has 0 atom stereocenters. The molecular weight excluding hydrogens is 402 g/mol. The van der Waals surface area contributed by atoms with Crippen molar-refractivity contribution >= 4 is 61.1 Å². The lowest BCUT2D eigenvalue weighted by Crippen LogP contribution is -2.05. The number of carbonyl (C=O) groups is 1. The fourth-order valence-electron chi connectivity index (χ4n) is 2.04. The Bertz CT molecular complexity index is 862. The van der Waals surface area contributed by atoms with Gasteiger partial charge in [0.25, 0.3) is 0 Å². The predicted molar refractivity (Wildman–Crippen MR) is 93.8 cm³/mol. The molecule has 0 aliphatic carbocycles. The minimum atomic E-state index is -0.466. The van der Waals surface area contributed by atoms with E-state index in [0.717, 1.165) is 19.8 Å². The summed E-state index contributed by atoms with van der Waals surface area (Å²) in [6.07, 6.45) is 0. The minimum absolute atomic E-state index is 0.227. The maximum absolute atomic E-state index is 12.2. The molecule has 120 valence electrons. The Kier molecular flexibility index (Phi) is 4.88. The molecule has 0 spiro atoms. The van der Waals surface area contributed by atoms with Crippen LogP contribution in [0.25, 0.3) is 11.0 Å². The molecule has 0 aliphatic rings. The maximum Gasteiger partial charge on any atom is 0.374 e. The van der Waals surface area contributed by atoms with Crippen LogP contribution in [0.3, 0.4) is 0 Å². The number of esters is 1. The van der Waals surface area contributed by atoms with Gasteiger partial charge in [0.05, 0.1) is 6.61 Å². The standard InChI is InChI=1S/C14H12BrN3O3S2/c1-2-20-12(19)11-9(6-22-14-18-17-13(16)23-14)8-5-7(15)3-4-10(8)21-11/h3-5H,2,6H2,1H3,(H2,16,17). The number of benzene rings is 1. The Morgan fingerprint density at radius 2 is 2.30 bits per heavy atom. The molecule has 2 aromatic heterocycles. The van der Waals surface area contributed by atoms with Crippen LogP contribution in [0.4, 0.5) is 5.13 Å². The predicted octanol–water partition coefficient (Wildman–Crippen LogP) is 4.10. The molecule has 0 aliphatic heterocycles. The lowest BCUT2D eigenvalue weighted by Gasteiger charge is -2.02. The number of furan rings is 1. The van der Waals surface area contributed by atoms with E-state index < -0.39 is 5.97 Å². The Morgan fingerprint density at radius 1 is 1.48 bits per heavy atom. The number of rotatable bonds is 5. The SMILES string of the molecule is CCOC(=O)c1oc2ccc(Br)cc2c1CSc1nnc(N)s1. The Labute approximate surface area is 148 Å². The number of halogens is 1. The summed E-state index contributed by atoms with van der Waals surface area (Å²) in [6.45, 7) is 2.05. The normalized spacial score (nSPS) is 11.0. The zero-order valence-electron chi connectivity index (χ0n) is 12.0. The average Bonchev–Trinajstić information content (AvgIpc) is 3.08. The molecule has 0 unspecified atom stereocenters. The average molecular weight is 414 g/mol. The summed E-state index contributed by atoms with van der Waals surface area (Å²) in [4.78, 5) is 12.2. The Morgan fingerprint density at radius 3 is 3.00 bits per heavy atom. The van der Waals surface area contributed by atoms with Crippen LogP contribution in [0.1, 0.15) is 23.0 Å². The second kappa shape index (κ2) is 6.90. The van der Waals surface area contributed by atoms with Gasteiger partial charge in [0.2, 0.25) is 10.9 Å². The van der Waals surface area contributed by atoms with Crippen molar-refractivity contribution in [1.82, 2.24) is 10.2 Å². The third-order valence-electron chi connectivity index (χ3n) is 2.98. The van der Waals surface area contributed by atoms with E-state index in [4.69, 9.17) is 14.9 Å². The third kappa shape index (κ3) is 3.51. The van der Waals surface area contributed by atoms with Crippen molar-refractivity contribution in [3.63, 3.8) is 0 Å². The smallest absolute Gasteiger partial charge is 0.374 e. The lowest BCUT2D eigenvalue weighted by atomic mass is 10.1. The molecule has 2 N–H and O–H groups in total. The van der Waals surface area contributed by atoms with E-state index >= 15 is 0 Å². The van der Waals surface area contributed by atoms with E-state index in [-0.39, 0.29) is 5.76 Å². The fraction of sp³-hybridized carbons (Fsp3) is 0.214. The Balaban J connectivity index is 1.98. The van der Waals surface area contributed by atoms with Crippen LogP contribution in [0, 0.1) is 0 Å². The summed E-state index contributed by atoms with van der Waals surface area (Å²) in [5.74, 6) is 0.267. The molecule has 9 heteroatoms. The van der Waals surface area contributed by atoms with Crippen LogP contribution in [0.2, 0.25) is 0 Å². The molecular formula is C14H12BrN3O3S2. The number of thioether (sulfide) groups is 1. The third-order valence-corrected chi connectivity index (χ3v) is 5.38. The molecule has 0 radical (unpaired) electrons.